The highest BCUT2D eigenvalue weighted by Crippen LogP contribution is 2.33. The smallest absolute Gasteiger partial charge is 0.522 e. The van der Waals surface area contributed by atoms with E-state index in [2.05, 4.69) is 0 Å². The Balaban J connectivity index is 2.65. The molecule has 16 heavy (non-hydrogen) atoms. The topological polar surface area (TPSA) is 66.8 Å². The molecular weight excluding hydrogens is 214 g/mol. The summed E-state index contributed by atoms with van der Waals surface area (Å²) in [4.78, 5) is 11.0. The number of carbonyl (C=O) groups is 1. The van der Waals surface area contributed by atoms with Gasteiger partial charge in [-0.3, -0.25) is 0 Å². The van der Waals surface area contributed by atoms with Gasteiger partial charge in [-0.25, -0.2) is 9.18 Å². The summed E-state index contributed by atoms with van der Waals surface area (Å²) >= 11 is 0. The van der Waals surface area contributed by atoms with Crippen LogP contribution < -0.4 is 4.65 Å². The van der Waals surface area contributed by atoms with Gasteiger partial charge in [-0.05, 0) is 36.9 Å². The van der Waals surface area contributed by atoms with Crippen molar-refractivity contribution in [2.24, 2.45) is 0 Å². The standard InChI is InChI=1S/C10H10BFO4/c1-5-4-6-2-3-11(15)16-9(6)7(8(5)12)10(13)14/h4,15H,2-3H2,1H3,(H,13,14). The third kappa shape index (κ3) is 1.65. The maximum atomic E-state index is 13.6. The zero-order valence-corrected chi connectivity index (χ0v) is 8.66. The van der Waals surface area contributed by atoms with Crippen LogP contribution in [-0.4, -0.2) is 23.2 Å². The molecule has 0 amide bonds. The fraction of sp³-hybridized carbons (Fsp3) is 0.300. The van der Waals surface area contributed by atoms with Gasteiger partial charge in [0.25, 0.3) is 0 Å². The molecular formula is C10H10BFO4. The Hall–Kier alpha value is -1.56. The molecule has 0 atom stereocenters. The van der Waals surface area contributed by atoms with Crippen molar-refractivity contribution in [1.29, 1.82) is 0 Å². The van der Waals surface area contributed by atoms with Crippen molar-refractivity contribution < 1.29 is 24.0 Å². The molecule has 0 aromatic heterocycles. The lowest BCUT2D eigenvalue weighted by atomic mass is 9.78. The summed E-state index contributed by atoms with van der Waals surface area (Å²) in [7, 11) is -1.06. The number of aryl methyl sites for hydroxylation is 2. The van der Waals surface area contributed by atoms with Crippen LogP contribution in [0.5, 0.6) is 5.75 Å². The Bertz CT molecular complexity index is 461. The van der Waals surface area contributed by atoms with Crippen LogP contribution >= 0.6 is 0 Å². The largest absolute Gasteiger partial charge is 0.535 e. The highest BCUT2D eigenvalue weighted by atomic mass is 19.1. The normalized spacial score (nSPS) is 14.3. The molecule has 0 spiro atoms. The first-order valence-electron chi connectivity index (χ1n) is 4.90. The van der Waals surface area contributed by atoms with E-state index < -0.39 is 24.5 Å². The zero-order chi connectivity index (χ0) is 11.9. The molecule has 2 N–H and O–H groups in total. The number of carboxylic acids is 1. The number of benzene rings is 1. The minimum absolute atomic E-state index is 0.0469. The van der Waals surface area contributed by atoms with Gasteiger partial charge in [0.1, 0.15) is 17.1 Å². The molecule has 1 aliphatic heterocycles. The minimum Gasteiger partial charge on any atom is -0.535 e. The van der Waals surface area contributed by atoms with Crippen molar-refractivity contribution in [3.63, 3.8) is 0 Å². The number of halogens is 1. The van der Waals surface area contributed by atoms with E-state index in [-0.39, 0.29) is 11.3 Å². The van der Waals surface area contributed by atoms with E-state index in [1.54, 1.807) is 6.07 Å². The van der Waals surface area contributed by atoms with Crippen molar-refractivity contribution in [2.75, 3.05) is 0 Å². The number of hydrogen-bond acceptors (Lipinski definition) is 3. The van der Waals surface area contributed by atoms with Crippen LogP contribution in [0.3, 0.4) is 0 Å². The van der Waals surface area contributed by atoms with Crippen LogP contribution in [0.15, 0.2) is 6.07 Å². The van der Waals surface area contributed by atoms with Crippen LogP contribution in [0, 0.1) is 12.7 Å². The fourth-order valence-corrected chi connectivity index (χ4v) is 1.83. The van der Waals surface area contributed by atoms with Crippen molar-refractivity contribution in [3.05, 3.63) is 28.6 Å². The molecule has 0 aliphatic carbocycles. The second-order valence-corrected chi connectivity index (χ2v) is 3.79. The molecule has 1 aromatic rings. The molecule has 0 saturated carbocycles. The predicted octanol–water partition coefficient (Wildman–Crippen LogP) is 1.25. The zero-order valence-electron chi connectivity index (χ0n) is 8.66. The van der Waals surface area contributed by atoms with Crippen molar-refractivity contribution in [3.8, 4) is 5.75 Å². The number of hydrogen-bond donors (Lipinski definition) is 2. The van der Waals surface area contributed by atoms with Gasteiger partial charge in [-0.15, -0.1) is 0 Å². The lowest BCUT2D eigenvalue weighted by Gasteiger charge is -2.22. The SMILES string of the molecule is Cc1cc2c(c(C(=O)O)c1F)OB(O)CC2. The first kappa shape index (κ1) is 10.9. The van der Waals surface area contributed by atoms with Crippen molar-refractivity contribution in [1.82, 2.24) is 0 Å². The summed E-state index contributed by atoms with van der Waals surface area (Å²) in [6, 6.07) is 1.56. The average molecular weight is 224 g/mol. The molecule has 4 nitrogen and oxygen atoms in total. The molecule has 1 heterocycles. The van der Waals surface area contributed by atoms with Crippen LogP contribution in [0.1, 0.15) is 21.5 Å². The van der Waals surface area contributed by atoms with E-state index in [0.29, 0.717) is 18.3 Å². The van der Waals surface area contributed by atoms with Gasteiger partial charge < -0.3 is 14.8 Å². The third-order valence-corrected chi connectivity index (χ3v) is 2.60. The summed E-state index contributed by atoms with van der Waals surface area (Å²) in [6.07, 6.45) is 0.870. The lowest BCUT2D eigenvalue weighted by molar-refractivity contribution is 0.0689. The first-order chi connectivity index (χ1) is 7.50. The van der Waals surface area contributed by atoms with E-state index in [9.17, 15) is 14.2 Å². The number of aromatic carboxylic acids is 1. The Morgan fingerprint density at radius 1 is 1.62 bits per heavy atom. The lowest BCUT2D eigenvalue weighted by Crippen LogP contribution is -2.28. The average Bonchev–Trinajstić information content (AvgIpc) is 2.20. The molecule has 6 heteroatoms. The fourth-order valence-electron chi connectivity index (χ4n) is 1.83. The molecule has 1 aliphatic rings. The van der Waals surface area contributed by atoms with Crippen molar-refractivity contribution in [2.45, 2.75) is 19.7 Å². The highest BCUT2D eigenvalue weighted by Gasteiger charge is 2.30. The Kier molecular flexibility index (Phi) is 2.59. The number of carboxylic acid groups (broad SMARTS) is 1. The van der Waals surface area contributed by atoms with Gasteiger partial charge in [0, 0.05) is 0 Å². The molecule has 1 aromatic carbocycles. The Morgan fingerprint density at radius 3 is 2.94 bits per heavy atom. The second kappa shape index (κ2) is 3.79. The van der Waals surface area contributed by atoms with Crippen LogP contribution in [0.4, 0.5) is 4.39 Å². The maximum Gasteiger partial charge on any atom is 0.522 e. The Labute approximate surface area is 91.8 Å². The summed E-state index contributed by atoms with van der Waals surface area (Å²) in [5.74, 6) is -2.23. The predicted molar refractivity (Wildman–Crippen MR) is 55.2 cm³/mol. The van der Waals surface area contributed by atoms with E-state index in [1.807, 2.05) is 0 Å². The summed E-state index contributed by atoms with van der Waals surface area (Å²) < 4.78 is 18.6. The molecule has 0 bridgehead atoms. The minimum atomic E-state index is -1.38. The number of fused-ring (bicyclic) bond motifs is 1. The first-order valence-corrected chi connectivity index (χ1v) is 4.90. The van der Waals surface area contributed by atoms with Gasteiger partial charge in [0.05, 0.1) is 0 Å². The summed E-state index contributed by atoms with van der Waals surface area (Å²) in [5.41, 5.74) is 0.409. The van der Waals surface area contributed by atoms with Gasteiger partial charge in [0.2, 0.25) is 0 Å². The molecule has 84 valence electrons. The molecule has 2 rings (SSSR count). The van der Waals surface area contributed by atoms with E-state index in [0.717, 1.165) is 0 Å². The van der Waals surface area contributed by atoms with Gasteiger partial charge in [-0.1, -0.05) is 0 Å². The number of rotatable bonds is 1. The molecule has 0 fully saturated rings. The third-order valence-electron chi connectivity index (χ3n) is 2.60. The quantitative estimate of drug-likeness (QED) is 0.704. The van der Waals surface area contributed by atoms with Crippen LogP contribution in [0.25, 0.3) is 0 Å². The molecule has 0 unspecified atom stereocenters. The Morgan fingerprint density at radius 2 is 2.31 bits per heavy atom. The van der Waals surface area contributed by atoms with Crippen molar-refractivity contribution >= 4 is 13.1 Å². The summed E-state index contributed by atoms with van der Waals surface area (Å²) in [6.45, 7) is 1.51. The molecule has 0 radical (unpaired) electrons. The van der Waals surface area contributed by atoms with Gasteiger partial charge in [-0.2, -0.15) is 0 Å². The second-order valence-electron chi connectivity index (χ2n) is 3.79. The maximum absolute atomic E-state index is 13.6. The van der Waals surface area contributed by atoms with E-state index in [4.69, 9.17) is 9.76 Å². The van der Waals surface area contributed by atoms with Gasteiger partial charge >= 0.3 is 13.1 Å². The highest BCUT2D eigenvalue weighted by molar-refractivity contribution is 6.44. The van der Waals surface area contributed by atoms with E-state index in [1.165, 1.54) is 6.92 Å². The van der Waals surface area contributed by atoms with Crippen LogP contribution in [0.2, 0.25) is 6.32 Å². The molecule has 0 saturated heterocycles. The summed E-state index contributed by atoms with van der Waals surface area (Å²) in [5, 5.41) is 18.2. The monoisotopic (exact) mass is 224 g/mol. The van der Waals surface area contributed by atoms with E-state index >= 15 is 0 Å². The van der Waals surface area contributed by atoms with Gasteiger partial charge in [0.15, 0.2) is 0 Å². The van der Waals surface area contributed by atoms with Crippen LogP contribution in [-0.2, 0) is 6.42 Å².